The summed E-state index contributed by atoms with van der Waals surface area (Å²) in [6.07, 6.45) is 1.15. The molecule has 1 aliphatic rings. The maximum absolute atomic E-state index is 15.6. The highest BCUT2D eigenvalue weighted by molar-refractivity contribution is 6.35. The van der Waals surface area contributed by atoms with E-state index in [1.807, 2.05) is 106 Å². The van der Waals surface area contributed by atoms with Crippen molar-refractivity contribution in [3.8, 4) is 22.6 Å². The van der Waals surface area contributed by atoms with E-state index in [0.29, 0.717) is 65.7 Å². The molecule has 7 aromatic rings. The summed E-state index contributed by atoms with van der Waals surface area (Å²) in [6, 6.07) is 22.7. The molecule has 8 rings (SSSR count). The molecule has 11 nitrogen and oxygen atoms in total. The molecule has 0 aliphatic carbocycles. The minimum absolute atomic E-state index is 0.0911. The van der Waals surface area contributed by atoms with Crippen LogP contribution in [0.2, 0.25) is 10.0 Å². The van der Waals surface area contributed by atoms with Gasteiger partial charge in [-0.25, -0.2) is 4.79 Å². The van der Waals surface area contributed by atoms with E-state index in [0.717, 1.165) is 66.4 Å². The molecule has 0 radical (unpaired) electrons. The molecule has 1 unspecified atom stereocenters. The second-order valence-electron chi connectivity index (χ2n) is 15.9. The first-order valence-corrected chi connectivity index (χ1v) is 21.2. The van der Waals surface area contributed by atoms with Gasteiger partial charge in [0.05, 0.1) is 40.7 Å². The number of aryl methyl sites for hydroxylation is 5. The molecule has 0 spiro atoms. The zero-order valence-corrected chi connectivity index (χ0v) is 36.9. The summed E-state index contributed by atoms with van der Waals surface area (Å²) in [4.78, 5) is 30.1. The van der Waals surface area contributed by atoms with Crippen molar-refractivity contribution >= 4 is 62.6 Å². The first-order valence-electron chi connectivity index (χ1n) is 20.4. The third kappa shape index (κ3) is 7.64. The van der Waals surface area contributed by atoms with Gasteiger partial charge in [-0.05, 0) is 100 Å². The number of nitrogens with zero attached hydrogens (tertiary/aromatic N) is 5. The molecule has 0 bridgehead atoms. The molecule has 13 heteroatoms. The lowest BCUT2D eigenvalue weighted by Crippen LogP contribution is -2.43. The number of ether oxygens (including phenoxy) is 3. The third-order valence-corrected chi connectivity index (χ3v) is 12.7. The summed E-state index contributed by atoms with van der Waals surface area (Å²) in [5, 5.41) is 18.0. The number of hydrogen-bond donors (Lipinski definition) is 1. The van der Waals surface area contributed by atoms with Crippen molar-refractivity contribution in [1.82, 2.24) is 18.9 Å². The molecular formula is C48H49Cl2N5O6. The van der Waals surface area contributed by atoms with E-state index in [9.17, 15) is 9.90 Å². The predicted molar refractivity (Wildman–Crippen MR) is 241 cm³/mol. The van der Waals surface area contributed by atoms with Crippen molar-refractivity contribution in [1.29, 1.82) is 0 Å². The fourth-order valence-electron chi connectivity index (χ4n) is 8.92. The van der Waals surface area contributed by atoms with Gasteiger partial charge in [0, 0.05) is 72.0 Å². The molecule has 1 N–H and O–H groups in total. The summed E-state index contributed by atoms with van der Waals surface area (Å²) in [5.74, 6) is -0.0392. The number of amides is 1. The summed E-state index contributed by atoms with van der Waals surface area (Å²) in [7, 11) is 3.50. The number of carbonyl (C=O) groups excluding carboxylic acids is 1. The molecule has 4 aromatic carbocycles. The van der Waals surface area contributed by atoms with Gasteiger partial charge in [-0.1, -0.05) is 59.6 Å². The molecule has 4 heterocycles. The third-order valence-electron chi connectivity index (χ3n) is 11.8. The molecule has 1 amide bonds. The van der Waals surface area contributed by atoms with E-state index >= 15 is 4.79 Å². The second kappa shape index (κ2) is 17.0. The summed E-state index contributed by atoms with van der Waals surface area (Å²) in [6.45, 7) is 11.6. The maximum atomic E-state index is 15.6. The molecule has 1 atom stereocenters. The number of aromatic carboxylic acids is 1. The van der Waals surface area contributed by atoms with Crippen LogP contribution in [0.3, 0.4) is 0 Å². The lowest BCUT2D eigenvalue weighted by atomic mass is 9.98. The minimum atomic E-state index is -1.08. The van der Waals surface area contributed by atoms with Crippen molar-refractivity contribution < 1.29 is 28.9 Å². The Morgan fingerprint density at radius 2 is 1.62 bits per heavy atom. The van der Waals surface area contributed by atoms with Gasteiger partial charge in [-0.3, -0.25) is 9.48 Å². The Labute approximate surface area is 364 Å². The Morgan fingerprint density at radius 3 is 2.30 bits per heavy atom. The highest BCUT2D eigenvalue weighted by atomic mass is 35.5. The molecule has 316 valence electrons. The monoisotopic (exact) mass is 861 g/mol. The van der Waals surface area contributed by atoms with Crippen LogP contribution >= 0.6 is 23.2 Å². The van der Waals surface area contributed by atoms with Crippen LogP contribution in [-0.4, -0.2) is 62.8 Å². The number of halogens is 2. The lowest BCUT2D eigenvalue weighted by molar-refractivity contribution is 0.0683. The van der Waals surface area contributed by atoms with E-state index in [-0.39, 0.29) is 30.8 Å². The highest BCUT2D eigenvalue weighted by Gasteiger charge is 2.38. The Kier molecular flexibility index (Phi) is 11.7. The van der Waals surface area contributed by atoms with Gasteiger partial charge < -0.3 is 33.4 Å². The van der Waals surface area contributed by atoms with Gasteiger partial charge in [0.15, 0.2) is 0 Å². The second-order valence-corrected chi connectivity index (χ2v) is 16.7. The SMILES string of the molecule is COCCn1c(C(=O)O)cc2cc(OCc3ccccc3)cc(N3CC(C)n4c(c(CCCOc5cc(C)c(Cl)c(C)c5)c5ccc(Cl)c(-c6c(C)nn(C)c6C)c54)C3=O)c21. The number of methoxy groups -OCH3 is 1. The first-order chi connectivity index (χ1) is 29.3. The molecule has 0 fully saturated rings. The number of rotatable bonds is 14. The van der Waals surface area contributed by atoms with Gasteiger partial charge in [0.1, 0.15) is 29.5 Å². The van der Waals surface area contributed by atoms with Crippen molar-refractivity contribution in [2.45, 2.75) is 66.7 Å². The predicted octanol–water partition coefficient (Wildman–Crippen LogP) is 10.7. The Bertz CT molecular complexity index is 2820. The fraction of sp³-hybridized carbons (Fsp3) is 0.312. The van der Waals surface area contributed by atoms with E-state index in [4.69, 9.17) is 42.5 Å². The average molecular weight is 863 g/mol. The van der Waals surface area contributed by atoms with Crippen molar-refractivity contribution in [2.24, 2.45) is 7.05 Å². The van der Waals surface area contributed by atoms with Gasteiger partial charge in [-0.15, -0.1) is 0 Å². The van der Waals surface area contributed by atoms with Crippen LogP contribution in [-0.2, 0) is 31.4 Å². The number of aromatic nitrogens is 4. The highest BCUT2D eigenvalue weighted by Crippen LogP contribution is 2.46. The quantitative estimate of drug-likeness (QED) is 0.108. The molecule has 1 aliphatic heterocycles. The van der Waals surface area contributed by atoms with Crippen LogP contribution < -0.4 is 14.4 Å². The lowest BCUT2D eigenvalue weighted by Gasteiger charge is -2.35. The van der Waals surface area contributed by atoms with E-state index in [1.165, 1.54) is 0 Å². The molecule has 3 aromatic heterocycles. The Balaban J connectivity index is 1.29. The standard InChI is InChI=1S/C48H49Cl2N5O6/c1-27-20-34(21-28(2)43(27)50)60-18-11-14-36-37-15-16-38(49)42(41-30(4)51-52(6)31(41)5)45(37)55-29(3)25-54(47(56)46(36)55)39-24-35(61-26-32-12-9-8-10-13-32)22-33-23-40(48(57)58)53(44(33)39)17-19-59-7/h8-10,12-13,15-16,20-24,29H,11,14,17-19,25-26H2,1-7H3,(H,57,58). The van der Waals surface area contributed by atoms with Crippen molar-refractivity contribution in [2.75, 3.05) is 31.8 Å². The minimum Gasteiger partial charge on any atom is -0.494 e. The zero-order valence-electron chi connectivity index (χ0n) is 35.4. The summed E-state index contributed by atoms with van der Waals surface area (Å²) in [5.41, 5.74) is 10.0. The van der Waals surface area contributed by atoms with E-state index < -0.39 is 5.97 Å². The van der Waals surface area contributed by atoms with Crippen LogP contribution in [0.4, 0.5) is 5.69 Å². The van der Waals surface area contributed by atoms with Gasteiger partial charge in [0.25, 0.3) is 5.91 Å². The largest absolute Gasteiger partial charge is 0.494 e. The van der Waals surface area contributed by atoms with Crippen molar-refractivity contribution in [3.63, 3.8) is 0 Å². The van der Waals surface area contributed by atoms with Crippen LogP contribution in [0.5, 0.6) is 11.5 Å². The normalized spacial score (nSPS) is 14.0. The number of carbonyl (C=O) groups is 2. The summed E-state index contributed by atoms with van der Waals surface area (Å²) < 4.78 is 23.8. The molecular weight excluding hydrogens is 813 g/mol. The van der Waals surface area contributed by atoms with Crippen LogP contribution in [0.25, 0.3) is 32.9 Å². The zero-order chi connectivity index (χ0) is 43.3. The van der Waals surface area contributed by atoms with E-state index in [1.54, 1.807) is 22.6 Å². The Hall–Kier alpha value is -5.75. The average Bonchev–Trinajstić information content (AvgIpc) is 3.86. The smallest absolute Gasteiger partial charge is 0.352 e. The van der Waals surface area contributed by atoms with Crippen molar-refractivity contribution in [3.05, 3.63) is 128 Å². The van der Waals surface area contributed by atoms with Crippen LogP contribution in [0.1, 0.15) is 74.0 Å². The van der Waals surface area contributed by atoms with Gasteiger partial charge in [-0.2, -0.15) is 5.10 Å². The molecule has 0 saturated heterocycles. The van der Waals surface area contributed by atoms with Gasteiger partial charge in [0.2, 0.25) is 0 Å². The fourth-order valence-corrected chi connectivity index (χ4v) is 9.28. The molecule has 0 saturated carbocycles. The number of benzene rings is 4. The number of anilines is 1. The van der Waals surface area contributed by atoms with Gasteiger partial charge >= 0.3 is 5.97 Å². The Morgan fingerprint density at radius 1 is 0.902 bits per heavy atom. The maximum Gasteiger partial charge on any atom is 0.352 e. The topological polar surface area (TPSA) is 113 Å². The number of hydrogen-bond acceptors (Lipinski definition) is 6. The molecule has 61 heavy (non-hydrogen) atoms. The number of carboxylic acids is 1. The van der Waals surface area contributed by atoms with Crippen LogP contribution in [0.15, 0.2) is 72.8 Å². The first kappa shape index (κ1) is 42.0. The van der Waals surface area contributed by atoms with Crippen LogP contribution in [0, 0.1) is 27.7 Å². The summed E-state index contributed by atoms with van der Waals surface area (Å²) >= 11 is 13.6. The number of carboxylic acid groups (broad SMARTS) is 1. The number of fused-ring (bicyclic) bond motifs is 4. The van der Waals surface area contributed by atoms with E-state index in [2.05, 4.69) is 11.5 Å².